The number of carbonyl (C=O) groups is 2. The van der Waals surface area contributed by atoms with Gasteiger partial charge in [0.15, 0.2) is 5.60 Å². The summed E-state index contributed by atoms with van der Waals surface area (Å²) in [5, 5.41) is 29.8. The van der Waals surface area contributed by atoms with Crippen LogP contribution in [0.4, 0.5) is 4.39 Å². The molecule has 1 heterocycles. The number of carbonyl (C=O) groups excluding carboxylic acids is 1. The van der Waals surface area contributed by atoms with Gasteiger partial charge in [0.25, 0.3) is 5.91 Å². The van der Waals surface area contributed by atoms with E-state index in [0.29, 0.717) is 22.8 Å². The Morgan fingerprint density at radius 1 is 1.23 bits per heavy atom. The number of amides is 1. The molecule has 1 amide bonds. The average Bonchev–Trinajstić information content (AvgIpc) is 3.29. The number of aliphatic carboxylic acids is 1. The molecule has 0 aliphatic rings. The number of benzene rings is 2. The van der Waals surface area contributed by atoms with E-state index in [1.54, 1.807) is 38.1 Å². The molecule has 0 fully saturated rings. The number of aromatic amines is 1. The van der Waals surface area contributed by atoms with Gasteiger partial charge in [-0.2, -0.15) is 0 Å². The Balaban J connectivity index is 1.85. The number of hydrogen-bond acceptors (Lipinski definition) is 5. The second-order valence-electron chi connectivity index (χ2n) is 8.40. The minimum absolute atomic E-state index is 0.132. The van der Waals surface area contributed by atoms with Crippen LogP contribution in [-0.4, -0.2) is 50.5 Å². The average molecular weight is 504 g/mol. The van der Waals surface area contributed by atoms with Crippen molar-refractivity contribution >= 4 is 23.5 Å². The molecule has 3 aromatic rings. The molecule has 3 atom stereocenters. The number of aliphatic hydroxyl groups is 1. The Kier molecular flexibility index (Phi) is 8.14. The minimum Gasteiger partial charge on any atom is -0.479 e. The maximum absolute atomic E-state index is 14.2. The summed E-state index contributed by atoms with van der Waals surface area (Å²) in [5.41, 5.74) is -0.269. The first kappa shape index (κ1) is 26.2. The van der Waals surface area contributed by atoms with Gasteiger partial charge < -0.3 is 20.3 Å². The summed E-state index contributed by atoms with van der Waals surface area (Å²) in [6, 6.07) is 11.9. The molecule has 2 aromatic carbocycles. The van der Waals surface area contributed by atoms with Crippen LogP contribution in [0.25, 0.3) is 11.1 Å². The number of nitrogens with one attached hydrogen (secondary N) is 2. The van der Waals surface area contributed by atoms with Crippen LogP contribution in [0, 0.1) is 11.7 Å². The van der Waals surface area contributed by atoms with E-state index in [4.69, 9.17) is 16.3 Å². The van der Waals surface area contributed by atoms with Crippen molar-refractivity contribution in [2.24, 2.45) is 5.92 Å². The van der Waals surface area contributed by atoms with E-state index >= 15 is 0 Å². The summed E-state index contributed by atoms with van der Waals surface area (Å²) < 4.78 is 19.5. The lowest BCUT2D eigenvalue weighted by Gasteiger charge is -2.33. The van der Waals surface area contributed by atoms with Gasteiger partial charge >= 0.3 is 5.97 Å². The molecule has 186 valence electrons. The Morgan fingerprint density at radius 2 is 1.91 bits per heavy atom. The Morgan fingerprint density at radius 3 is 2.54 bits per heavy atom. The third kappa shape index (κ3) is 6.17. The summed E-state index contributed by atoms with van der Waals surface area (Å²) in [6.07, 6.45) is 0.209. The van der Waals surface area contributed by atoms with E-state index in [1.165, 1.54) is 31.2 Å². The van der Waals surface area contributed by atoms with Crippen molar-refractivity contribution in [3.05, 3.63) is 70.6 Å². The standard InChI is InChI=1S/C25H27ClFN3O5/c1-4-35-22-13-21(29-30-22)23(31)28-20(14(2)25(3,34)24(32)33)11-15-5-7-16(8-6-15)18-12-17(26)9-10-19(18)27/h5-10,12-14,20,34H,4,11H2,1-3H3,(H,28,31)(H,29,30)(H,32,33)/t14?,20-,25+/m1/s1. The van der Waals surface area contributed by atoms with E-state index in [1.807, 2.05) is 0 Å². The van der Waals surface area contributed by atoms with Gasteiger partial charge in [0.2, 0.25) is 5.88 Å². The Labute approximate surface area is 207 Å². The fraction of sp³-hybridized carbons (Fsp3) is 0.320. The molecule has 1 unspecified atom stereocenters. The fourth-order valence-corrected chi connectivity index (χ4v) is 3.79. The summed E-state index contributed by atoms with van der Waals surface area (Å²) >= 11 is 5.99. The molecule has 0 bridgehead atoms. The lowest BCUT2D eigenvalue weighted by atomic mass is 9.82. The van der Waals surface area contributed by atoms with Gasteiger partial charge in [0.1, 0.15) is 11.5 Å². The SMILES string of the molecule is CCOc1cc(C(=O)N[C@H](Cc2ccc(-c3cc(Cl)ccc3F)cc2)C(C)[C@](C)(O)C(=O)O)[nH]n1. The number of carboxylic acids is 1. The van der Waals surface area contributed by atoms with E-state index in [2.05, 4.69) is 15.5 Å². The number of aromatic nitrogens is 2. The van der Waals surface area contributed by atoms with E-state index in [9.17, 15) is 24.2 Å². The van der Waals surface area contributed by atoms with Gasteiger partial charge in [-0.15, -0.1) is 5.10 Å². The maximum Gasteiger partial charge on any atom is 0.335 e. The first-order valence-corrected chi connectivity index (χ1v) is 11.4. The molecule has 0 radical (unpaired) electrons. The highest BCUT2D eigenvalue weighted by molar-refractivity contribution is 6.30. The molecular weight excluding hydrogens is 477 g/mol. The number of carboxylic acid groups (broad SMARTS) is 1. The minimum atomic E-state index is -2.10. The largest absolute Gasteiger partial charge is 0.479 e. The van der Waals surface area contributed by atoms with Crippen molar-refractivity contribution < 1.29 is 28.9 Å². The fourth-order valence-electron chi connectivity index (χ4n) is 3.62. The molecule has 8 nitrogen and oxygen atoms in total. The lowest BCUT2D eigenvalue weighted by molar-refractivity contribution is -0.162. The summed E-state index contributed by atoms with van der Waals surface area (Å²) in [5.74, 6) is -2.97. The number of nitrogens with zero attached hydrogens (tertiary/aromatic N) is 1. The Bertz CT molecular complexity index is 1200. The van der Waals surface area contributed by atoms with Crippen LogP contribution < -0.4 is 10.1 Å². The van der Waals surface area contributed by atoms with Crippen molar-refractivity contribution in [3.8, 4) is 17.0 Å². The van der Waals surface area contributed by atoms with Gasteiger partial charge in [0.05, 0.1) is 6.61 Å². The van der Waals surface area contributed by atoms with Gasteiger partial charge in [-0.1, -0.05) is 42.8 Å². The van der Waals surface area contributed by atoms with Gasteiger partial charge in [-0.3, -0.25) is 9.89 Å². The van der Waals surface area contributed by atoms with Gasteiger partial charge in [-0.05, 0) is 49.6 Å². The van der Waals surface area contributed by atoms with Gasteiger partial charge in [-0.25, -0.2) is 9.18 Å². The molecule has 1 aromatic heterocycles. The highest BCUT2D eigenvalue weighted by atomic mass is 35.5. The smallest absolute Gasteiger partial charge is 0.335 e. The van der Waals surface area contributed by atoms with E-state index < -0.39 is 35.3 Å². The number of halogens is 2. The van der Waals surface area contributed by atoms with Crippen molar-refractivity contribution in [2.45, 2.75) is 38.8 Å². The highest BCUT2D eigenvalue weighted by Crippen LogP contribution is 2.28. The quantitative estimate of drug-likeness (QED) is 0.330. The van der Waals surface area contributed by atoms with Crippen molar-refractivity contribution in [1.29, 1.82) is 0 Å². The lowest BCUT2D eigenvalue weighted by Crippen LogP contribution is -2.53. The zero-order valence-corrected chi connectivity index (χ0v) is 20.3. The van der Waals surface area contributed by atoms with Crippen LogP contribution in [0.3, 0.4) is 0 Å². The summed E-state index contributed by atoms with van der Waals surface area (Å²) in [6.45, 7) is 4.90. The summed E-state index contributed by atoms with van der Waals surface area (Å²) in [7, 11) is 0. The molecule has 0 aliphatic carbocycles. The third-order valence-corrected chi connectivity index (χ3v) is 6.21. The monoisotopic (exact) mass is 503 g/mol. The Hall–Kier alpha value is -3.43. The zero-order valence-electron chi connectivity index (χ0n) is 19.5. The van der Waals surface area contributed by atoms with Crippen LogP contribution in [-0.2, 0) is 11.2 Å². The first-order chi connectivity index (χ1) is 16.5. The maximum atomic E-state index is 14.2. The van der Waals surface area contributed by atoms with Crippen LogP contribution in [0.2, 0.25) is 5.02 Å². The molecule has 0 saturated heterocycles. The molecule has 35 heavy (non-hydrogen) atoms. The molecule has 0 aliphatic heterocycles. The normalized spacial score (nSPS) is 14.6. The molecule has 4 N–H and O–H groups in total. The predicted octanol–water partition coefficient (Wildman–Crippen LogP) is 4.08. The van der Waals surface area contributed by atoms with Crippen molar-refractivity contribution in [1.82, 2.24) is 15.5 Å². The summed E-state index contributed by atoms with van der Waals surface area (Å²) in [4.78, 5) is 24.5. The highest BCUT2D eigenvalue weighted by Gasteiger charge is 2.41. The number of hydrogen-bond donors (Lipinski definition) is 4. The van der Waals surface area contributed by atoms with Crippen molar-refractivity contribution in [3.63, 3.8) is 0 Å². The molecular formula is C25H27ClFN3O5. The molecule has 0 spiro atoms. The zero-order chi connectivity index (χ0) is 25.8. The van der Waals surface area contributed by atoms with Crippen LogP contribution in [0.15, 0.2) is 48.5 Å². The first-order valence-electron chi connectivity index (χ1n) is 11.0. The van der Waals surface area contributed by atoms with Gasteiger partial charge in [0, 0.05) is 28.6 Å². The molecule has 3 rings (SSSR count). The van der Waals surface area contributed by atoms with E-state index in [-0.39, 0.29) is 18.0 Å². The topological polar surface area (TPSA) is 125 Å². The molecule has 10 heteroatoms. The van der Waals surface area contributed by atoms with Crippen LogP contribution in [0.5, 0.6) is 5.88 Å². The third-order valence-electron chi connectivity index (χ3n) is 5.98. The number of rotatable bonds is 10. The second kappa shape index (κ2) is 10.9. The number of ether oxygens (including phenoxy) is 1. The second-order valence-corrected chi connectivity index (χ2v) is 8.84. The van der Waals surface area contributed by atoms with Crippen LogP contribution in [0.1, 0.15) is 36.8 Å². The van der Waals surface area contributed by atoms with Crippen LogP contribution >= 0.6 is 11.6 Å². The van der Waals surface area contributed by atoms with E-state index in [0.717, 1.165) is 5.56 Å². The number of H-pyrrole nitrogens is 1. The molecule has 0 saturated carbocycles. The predicted molar refractivity (Wildman–Crippen MR) is 129 cm³/mol. The van der Waals surface area contributed by atoms with Crippen molar-refractivity contribution in [2.75, 3.05) is 6.61 Å².